The molecular formula is C14H16FN3O2. The Morgan fingerprint density at radius 3 is 2.95 bits per heavy atom. The van der Waals surface area contributed by atoms with E-state index in [2.05, 4.69) is 10.1 Å². The summed E-state index contributed by atoms with van der Waals surface area (Å²) in [4.78, 5) is 4.27. The van der Waals surface area contributed by atoms with Crippen molar-refractivity contribution in [2.24, 2.45) is 5.92 Å². The van der Waals surface area contributed by atoms with E-state index < -0.39 is 5.82 Å². The summed E-state index contributed by atoms with van der Waals surface area (Å²) in [5.41, 5.74) is 6.13. The number of halogens is 1. The Hall–Kier alpha value is -1.95. The second kappa shape index (κ2) is 5.20. The van der Waals surface area contributed by atoms with Crippen molar-refractivity contribution in [2.45, 2.75) is 25.9 Å². The number of hydrogen-bond donors (Lipinski definition) is 1. The standard InChI is InChI=1S/C14H16FN3O2/c1-2-19-12(8-3-4-8)13-17-14(20-18-13)10-6-5-9(16)7-11(10)15/h5-8,12H,2-4,16H2,1H3. The number of hydrogen-bond acceptors (Lipinski definition) is 5. The van der Waals surface area contributed by atoms with Crippen molar-refractivity contribution in [3.05, 3.63) is 29.8 Å². The molecule has 0 aliphatic heterocycles. The summed E-state index contributed by atoms with van der Waals surface area (Å²) in [6.45, 7) is 2.51. The summed E-state index contributed by atoms with van der Waals surface area (Å²) in [5.74, 6) is 0.611. The van der Waals surface area contributed by atoms with Crippen LogP contribution >= 0.6 is 0 Å². The molecule has 2 aromatic rings. The van der Waals surface area contributed by atoms with Crippen LogP contribution in [-0.2, 0) is 4.74 Å². The van der Waals surface area contributed by atoms with E-state index in [-0.39, 0.29) is 17.6 Å². The first-order valence-corrected chi connectivity index (χ1v) is 6.69. The highest BCUT2D eigenvalue weighted by molar-refractivity contribution is 5.58. The number of aromatic nitrogens is 2. The van der Waals surface area contributed by atoms with Crippen molar-refractivity contribution in [2.75, 3.05) is 12.3 Å². The van der Waals surface area contributed by atoms with Crippen LogP contribution in [0.25, 0.3) is 11.5 Å². The Morgan fingerprint density at radius 1 is 1.50 bits per heavy atom. The zero-order valence-corrected chi connectivity index (χ0v) is 11.2. The first kappa shape index (κ1) is 13.1. The summed E-state index contributed by atoms with van der Waals surface area (Å²) in [7, 11) is 0. The van der Waals surface area contributed by atoms with E-state index in [9.17, 15) is 4.39 Å². The number of nitrogen functional groups attached to an aromatic ring is 1. The van der Waals surface area contributed by atoms with E-state index in [0.29, 0.717) is 24.0 Å². The van der Waals surface area contributed by atoms with Gasteiger partial charge in [0, 0.05) is 12.3 Å². The minimum absolute atomic E-state index is 0.155. The van der Waals surface area contributed by atoms with Gasteiger partial charge >= 0.3 is 0 Å². The van der Waals surface area contributed by atoms with Crippen LogP contribution in [0, 0.1) is 11.7 Å². The molecule has 1 fully saturated rings. The predicted molar refractivity (Wildman–Crippen MR) is 71.2 cm³/mol. The zero-order chi connectivity index (χ0) is 14.1. The molecule has 20 heavy (non-hydrogen) atoms. The van der Waals surface area contributed by atoms with E-state index in [4.69, 9.17) is 15.0 Å². The maximum Gasteiger partial charge on any atom is 0.260 e. The lowest BCUT2D eigenvalue weighted by molar-refractivity contribution is 0.0385. The summed E-state index contributed by atoms with van der Waals surface area (Å²) in [6.07, 6.45) is 2.05. The normalized spacial score (nSPS) is 16.3. The molecule has 0 radical (unpaired) electrons. The van der Waals surface area contributed by atoms with Gasteiger partial charge in [0.2, 0.25) is 5.82 Å². The quantitative estimate of drug-likeness (QED) is 0.850. The van der Waals surface area contributed by atoms with Gasteiger partial charge in [-0.05, 0) is 43.9 Å². The maximum absolute atomic E-state index is 13.8. The van der Waals surface area contributed by atoms with Crippen LogP contribution in [0.4, 0.5) is 10.1 Å². The average Bonchev–Trinajstić information content (AvgIpc) is 3.14. The SMILES string of the molecule is CCOC(c1noc(-c2ccc(N)cc2F)n1)C1CC1. The molecule has 3 rings (SSSR count). The molecule has 5 nitrogen and oxygen atoms in total. The van der Waals surface area contributed by atoms with Crippen LogP contribution < -0.4 is 5.73 Å². The van der Waals surface area contributed by atoms with Gasteiger partial charge in [-0.15, -0.1) is 0 Å². The van der Waals surface area contributed by atoms with E-state index >= 15 is 0 Å². The molecule has 1 aliphatic carbocycles. The van der Waals surface area contributed by atoms with Gasteiger partial charge in [-0.2, -0.15) is 4.98 Å². The molecule has 1 heterocycles. The number of nitrogens with two attached hydrogens (primary N) is 1. The largest absolute Gasteiger partial charge is 0.399 e. The molecule has 1 aromatic carbocycles. The van der Waals surface area contributed by atoms with Crippen molar-refractivity contribution in [1.82, 2.24) is 10.1 Å². The minimum atomic E-state index is -0.473. The van der Waals surface area contributed by atoms with Gasteiger partial charge in [-0.1, -0.05) is 5.16 Å². The number of ether oxygens (including phenoxy) is 1. The molecule has 0 spiro atoms. The summed E-state index contributed by atoms with van der Waals surface area (Å²) >= 11 is 0. The van der Waals surface area contributed by atoms with E-state index in [1.54, 1.807) is 6.07 Å². The molecule has 1 aliphatic rings. The fourth-order valence-electron chi connectivity index (χ4n) is 2.16. The highest BCUT2D eigenvalue weighted by Crippen LogP contribution is 2.42. The molecule has 2 N–H and O–H groups in total. The van der Waals surface area contributed by atoms with Crippen LogP contribution in [0.15, 0.2) is 22.7 Å². The maximum atomic E-state index is 13.8. The van der Waals surface area contributed by atoms with Crippen molar-refractivity contribution < 1.29 is 13.7 Å². The molecule has 106 valence electrons. The van der Waals surface area contributed by atoms with E-state index in [0.717, 1.165) is 12.8 Å². The van der Waals surface area contributed by atoms with Crippen molar-refractivity contribution >= 4 is 5.69 Å². The summed E-state index contributed by atoms with van der Waals surface area (Å²) in [5, 5.41) is 3.93. The van der Waals surface area contributed by atoms with E-state index in [1.807, 2.05) is 6.92 Å². The first-order chi connectivity index (χ1) is 9.69. The molecule has 0 saturated heterocycles. The smallest absolute Gasteiger partial charge is 0.260 e. The summed E-state index contributed by atoms with van der Waals surface area (Å²) < 4.78 is 24.6. The van der Waals surface area contributed by atoms with Gasteiger partial charge in [0.1, 0.15) is 11.9 Å². The highest BCUT2D eigenvalue weighted by Gasteiger charge is 2.36. The number of nitrogens with zero attached hydrogens (tertiary/aromatic N) is 2. The highest BCUT2D eigenvalue weighted by atomic mass is 19.1. The second-order valence-corrected chi connectivity index (χ2v) is 4.91. The van der Waals surface area contributed by atoms with Gasteiger partial charge in [-0.3, -0.25) is 0 Å². The van der Waals surface area contributed by atoms with Crippen molar-refractivity contribution in [3.63, 3.8) is 0 Å². The van der Waals surface area contributed by atoms with Crippen LogP contribution in [-0.4, -0.2) is 16.7 Å². The average molecular weight is 277 g/mol. The Balaban J connectivity index is 1.89. The molecule has 0 amide bonds. The molecule has 1 saturated carbocycles. The fraction of sp³-hybridized carbons (Fsp3) is 0.429. The Morgan fingerprint density at radius 2 is 2.30 bits per heavy atom. The molecule has 1 atom stereocenters. The topological polar surface area (TPSA) is 74.2 Å². The fourth-order valence-corrected chi connectivity index (χ4v) is 2.16. The minimum Gasteiger partial charge on any atom is -0.399 e. The van der Waals surface area contributed by atoms with Crippen molar-refractivity contribution in [1.29, 1.82) is 0 Å². The monoisotopic (exact) mass is 277 g/mol. The van der Waals surface area contributed by atoms with Crippen LogP contribution in [0.1, 0.15) is 31.7 Å². The Labute approximate surface area is 115 Å². The van der Waals surface area contributed by atoms with Gasteiger partial charge in [-0.25, -0.2) is 4.39 Å². The van der Waals surface area contributed by atoms with Crippen LogP contribution in [0.3, 0.4) is 0 Å². The van der Waals surface area contributed by atoms with Crippen molar-refractivity contribution in [3.8, 4) is 11.5 Å². The van der Waals surface area contributed by atoms with Gasteiger partial charge in [0.15, 0.2) is 0 Å². The second-order valence-electron chi connectivity index (χ2n) is 4.91. The van der Waals surface area contributed by atoms with Gasteiger partial charge in [0.25, 0.3) is 5.89 Å². The van der Waals surface area contributed by atoms with E-state index in [1.165, 1.54) is 12.1 Å². The zero-order valence-electron chi connectivity index (χ0n) is 11.2. The molecule has 1 unspecified atom stereocenters. The number of anilines is 1. The third kappa shape index (κ3) is 2.51. The Bertz CT molecular complexity index is 610. The van der Waals surface area contributed by atoms with Crippen LogP contribution in [0.5, 0.6) is 0 Å². The lowest BCUT2D eigenvalue weighted by atomic mass is 10.2. The number of rotatable bonds is 5. The molecular weight excluding hydrogens is 261 g/mol. The Kier molecular flexibility index (Phi) is 3.40. The predicted octanol–water partition coefficient (Wildman–Crippen LogP) is 2.95. The third-order valence-corrected chi connectivity index (χ3v) is 3.32. The lowest BCUT2D eigenvalue weighted by Crippen LogP contribution is -2.08. The number of benzene rings is 1. The summed E-state index contributed by atoms with van der Waals surface area (Å²) in [6, 6.07) is 4.37. The lowest BCUT2D eigenvalue weighted by Gasteiger charge is -2.10. The first-order valence-electron chi connectivity index (χ1n) is 6.69. The van der Waals surface area contributed by atoms with Gasteiger partial charge in [0.05, 0.1) is 5.56 Å². The third-order valence-electron chi connectivity index (χ3n) is 3.32. The van der Waals surface area contributed by atoms with Crippen LogP contribution in [0.2, 0.25) is 0 Å². The molecule has 6 heteroatoms. The molecule has 0 bridgehead atoms. The van der Waals surface area contributed by atoms with Gasteiger partial charge < -0.3 is 15.0 Å². The molecule has 1 aromatic heterocycles.